The van der Waals surface area contributed by atoms with Crippen molar-refractivity contribution in [1.82, 2.24) is 9.88 Å². The van der Waals surface area contributed by atoms with Gasteiger partial charge in [0.05, 0.1) is 19.3 Å². The summed E-state index contributed by atoms with van der Waals surface area (Å²) in [4.78, 5) is 18.0. The molecule has 1 aromatic carbocycles. The van der Waals surface area contributed by atoms with E-state index in [9.17, 15) is 4.79 Å². The van der Waals surface area contributed by atoms with Crippen LogP contribution in [0.2, 0.25) is 5.02 Å². The van der Waals surface area contributed by atoms with Crippen molar-refractivity contribution in [2.24, 2.45) is 0 Å². The normalized spacial score (nSPS) is 10.3. The Balaban J connectivity index is 1.89. The van der Waals surface area contributed by atoms with Crippen molar-refractivity contribution in [3.8, 4) is 5.75 Å². The topological polar surface area (TPSA) is 54.5 Å². The van der Waals surface area contributed by atoms with Gasteiger partial charge in [-0.1, -0.05) is 11.6 Å². The molecular formula is C18H22ClN3O2. The fraction of sp³-hybridized carbons (Fsp3) is 0.333. The van der Waals surface area contributed by atoms with Gasteiger partial charge in [0.2, 0.25) is 5.91 Å². The van der Waals surface area contributed by atoms with Crippen LogP contribution in [0.1, 0.15) is 11.1 Å². The number of likely N-dealkylation sites (N-methyl/N-ethyl adjacent to an activating group) is 1. The summed E-state index contributed by atoms with van der Waals surface area (Å²) in [5, 5.41) is 3.76. The number of carbonyl (C=O) groups is 1. The Kier molecular flexibility index (Phi) is 6.44. The van der Waals surface area contributed by atoms with E-state index in [1.165, 1.54) is 0 Å². The van der Waals surface area contributed by atoms with E-state index >= 15 is 0 Å². The molecule has 24 heavy (non-hydrogen) atoms. The Bertz CT molecular complexity index is 692. The fourth-order valence-electron chi connectivity index (χ4n) is 2.25. The molecule has 0 saturated heterocycles. The van der Waals surface area contributed by atoms with Gasteiger partial charge in [0.25, 0.3) is 0 Å². The Morgan fingerprint density at radius 2 is 2.04 bits per heavy atom. The van der Waals surface area contributed by atoms with Crippen LogP contribution >= 0.6 is 11.6 Å². The van der Waals surface area contributed by atoms with E-state index < -0.39 is 0 Å². The molecule has 1 aromatic heterocycles. The predicted octanol–water partition coefficient (Wildman–Crippen LogP) is 3.17. The van der Waals surface area contributed by atoms with Gasteiger partial charge in [-0.15, -0.1) is 0 Å². The van der Waals surface area contributed by atoms with Crippen LogP contribution in [-0.4, -0.2) is 43.0 Å². The molecule has 128 valence electrons. The zero-order chi connectivity index (χ0) is 17.5. The van der Waals surface area contributed by atoms with Gasteiger partial charge in [0, 0.05) is 37.1 Å². The van der Waals surface area contributed by atoms with Crippen LogP contribution in [0.3, 0.4) is 0 Å². The molecule has 0 spiro atoms. The molecule has 0 aliphatic rings. The second kappa shape index (κ2) is 8.55. The van der Waals surface area contributed by atoms with Crippen molar-refractivity contribution in [2.45, 2.75) is 13.3 Å². The molecule has 0 bridgehead atoms. The third-order valence-corrected chi connectivity index (χ3v) is 4.23. The average molecular weight is 348 g/mol. The average Bonchev–Trinajstić information content (AvgIpc) is 2.60. The summed E-state index contributed by atoms with van der Waals surface area (Å²) in [6.45, 7) is 2.77. The fourth-order valence-corrected chi connectivity index (χ4v) is 2.40. The van der Waals surface area contributed by atoms with Crippen molar-refractivity contribution in [3.63, 3.8) is 0 Å². The minimum absolute atomic E-state index is 0.0127. The number of rotatable bonds is 7. The van der Waals surface area contributed by atoms with Gasteiger partial charge in [-0.2, -0.15) is 0 Å². The Morgan fingerprint density at radius 1 is 1.33 bits per heavy atom. The van der Waals surface area contributed by atoms with Gasteiger partial charge in [-0.3, -0.25) is 9.78 Å². The molecular weight excluding hydrogens is 326 g/mol. The van der Waals surface area contributed by atoms with Gasteiger partial charge >= 0.3 is 0 Å². The molecule has 0 fully saturated rings. The summed E-state index contributed by atoms with van der Waals surface area (Å²) in [6, 6.07) is 7.54. The third kappa shape index (κ3) is 4.86. The molecule has 0 aliphatic carbocycles. The summed E-state index contributed by atoms with van der Waals surface area (Å²) in [7, 11) is 3.38. The SMILES string of the molecule is COc1cc(Cl)c(C)cc1NCC(=O)N(C)CCc1ccncc1. The van der Waals surface area contributed by atoms with E-state index in [0.717, 1.165) is 23.2 Å². The van der Waals surface area contributed by atoms with E-state index in [-0.39, 0.29) is 12.5 Å². The summed E-state index contributed by atoms with van der Waals surface area (Å²) in [5.41, 5.74) is 2.85. The molecule has 1 N–H and O–H groups in total. The molecule has 6 heteroatoms. The number of ether oxygens (including phenoxy) is 1. The van der Waals surface area contributed by atoms with Crippen LogP contribution in [0.4, 0.5) is 5.69 Å². The Labute approximate surface area is 147 Å². The quantitative estimate of drug-likeness (QED) is 0.835. The molecule has 0 atom stereocenters. The molecule has 0 unspecified atom stereocenters. The molecule has 2 aromatic rings. The molecule has 2 rings (SSSR count). The highest BCUT2D eigenvalue weighted by molar-refractivity contribution is 6.31. The number of halogens is 1. The summed E-state index contributed by atoms with van der Waals surface area (Å²) < 4.78 is 5.30. The highest BCUT2D eigenvalue weighted by Gasteiger charge is 2.11. The van der Waals surface area contributed by atoms with E-state index in [2.05, 4.69) is 10.3 Å². The summed E-state index contributed by atoms with van der Waals surface area (Å²) >= 11 is 6.09. The zero-order valence-corrected chi connectivity index (χ0v) is 14.9. The lowest BCUT2D eigenvalue weighted by Crippen LogP contribution is -2.33. The van der Waals surface area contributed by atoms with Crippen LogP contribution in [0.5, 0.6) is 5.75 Å². The second-order valence-electron chi connectivity index (χ2n) is 5.58. The summed E-state index contributed by atoms with van der Waals surface area (Å²) in [5.74, 6) is 0.636. The van der Waals surface area contributed by atoms with Crippen LogP contribution in [0.15, 0.2) is 36.7 Å². The van der Waals surface area contributed by atoms with E-state index in [1.807, 2.05) is 25.1 Å². The van der Waals surface area contributed by atoms with Gasteiger partial charge in [0.1, 0.15) is 5.75 Å². The molecule has 5 nitrogen and oxygen atoms in total. The number of pyridine rings is 1. The maximum atomic E-state index is 12.3. The van der Waals surface area contributed by atoms with E-state index in [0.29, 0.717) is 17.3 Å². The Hall–Kier alpha value is -2.27. The van der Waals surface area contributed by atoms with Crippen LogP contribution < -0.4 is 10.1 Å². The number of benzene rings is 1. The molecule has 0 radical (unpaired) electrons. The number of hydrogen-bond donors (Lipinski definition) is 1. The maximum absolute atomic E-state index is 12.3. The lowest BCUT2D eigenvalue weighted by atomic mass is 10.2. The lowest BCUT2D eigenvalue weighted by molar-refractivity contribution is -0.127. The first kappa shape index (κ1) is 18.1. The van der Waals surface area contributed by atoms with E-state index in [1.54, 1.807) is 37.5 Å². The minimum atomic E-state index is 0.0127. The third-order valence-electron chi connectivity index (χ3n) is 3.82. The number of aryl methyl sites for hydroxylation is 1. The first-order valence-corrected chi connectivity index (χ1v) is 8.10. The molecule has 1 amide bonds. The van der Waals surface area contributed by atoms with Gasteiger partial charge in [-0.25, -0.2) is 0 Å². The van der Waals surface area contributed by atoms with Crippen molar-refractivity contribution < 1.29 is 9.53 Å². The number of anilines is 1. The van der Waals surface area contributed by atoms with Crippen LogP contribution in [0, 0.1) is 6.92 Å². The molecule has 0 saturated carbocycles. The summed E-state index contributed by atoms with van der Waals surface area (Å²) in [6.07, 6.45) is 4.32. The highest BCUT2D eigenvalue weighted by atomic mass is 35.5. The number of hydrogen-bond acceptors (Lipinski definition) is 4. The van der Waals surface area contributed by atoms with Crippen molar-refractivity contribution in [2.75, 3.05) is 32.6 Å². The number of methoxy groups -OCH3 is 1. The minimum Gasteiger partial charge on any atom is -0.495 e. The molecule has 0 aliphatic heterocycles. The lowest BCUT2D eigenvalue weighted by Gasteiger charge is -2.19. The number of amides is 1. The number of nitrogens with zero attached hydrogens (tertiary/aromatic N) is 2. The largest absolute Gasteiger partial charge is 0.495 e. The monoisotopic (exact) mass is 347 g/mol. The van der Waals surface area contributed by atoms with Gasteiger partial charge in [0.15, 0.2) is 0 Å². The van der Waals surface area contributed by atoms with Crippen molar-refractivity contribution >= 4 is 23.2 Å². The van der Waals surface area contributed by atoms with Gasteiger partial charge < -0.3 is 15.0 Å². The smallest absolute Gasteiger partial charge is 0.241 e. The standard InChI is InChI=1S/C18H22ClN3O2/c1-13-10-16(17(24-3)11-15(13)19)21-12-18(23)22(2)9-6-14-4-7-20-8-5-14/h4-5,7-8,10-11,21H,6,9,12H2,1-3H3. The molecule has 1 heterocycles. The van der Waals surface area contributed by atoms with Crippen LogP contribution in [-0.2, 0) is 11.2 Å². The maximum Gasteiger partial charge on any atom is 0.241 e. The second-order valence-corrected chi connectivity index (χ2v) is 5.98. The number of carbonyl (C=O) groups excluding carboxylic acids is 1. The first-order chi connectivity index (χ1) is 11.5. The highest BCUT2D eigenvalue weighted by Crippen LogP contribution is 2.30. The Morgan fingerprint density at radius 3 is 2.71 bits per heavy atom. The zero-order valence-electron chi connectivity index (χ0n) is 14.2. The first-order valence-electron chi connectivity index (χ1n) is 7.72. The predicted molar refractivity (Wildman–Crippen MR) is 96.8 cm³/mol. The van der Waals surface area contributed by atoms with Crippen molar-refractivity contribution in [3.05, 3.63) is 52.8 Å². The van der Waals surface area contributed by atoms with E-state index in [4.69, 9.17) is 16.3 Å². The van der Waals surface area contributed by atoms with Crippen LogP contribution in [0.25, 0.3) is 0 Å². The van der Waals surface area contributed by atoms with Crippen molar-refractivity contribution in [1.29, 1.82) is 0 Å². The number of aromatic nitrogens is 1. The number of nitrogens with one attached hydrogen (secondary N) is 1. The van der Waals surface area contributed by atoms with Gasteiger partial charge in [-0.05, 0) is 42.7 Å².